The normalized spacial score (nSPS) is 17.2. The molecule has 0 spiro atoms. The first-order valence-electron chi connectivity index (χ1n) is 9.17. The highest BCUT2D eigenvalue weighted by molar-refractivity contribution is 5.75. The monoisotopic (exact) mass is 342 g/mol. The summed E-state index contributed by atoms with van der Waals surface area (Å²) in [4.78, 5) is 23.3. The lowest BCUT2D eigenvalue weighted by Crippen LogP contribution is -2.37. The van der Waals surface area contributed by atoms with Gasteiger partial charge in [0.1, 0.15) is 11.6 Å². The van der Waals surface area contributed by atoms with Crippen LogP contribution >= 0.6 is 0 Å². The summed E-state index contributed by atoms with van der Waals surface area (Å²) >= 11 is 0. The quantitative estimate of drug-likeness (QED) is 0.522. The van der Waals surface area contributed by atoms with E-state index in [0.717, 1.165) is 25.7 Å². The second kappa shape index (κ2) is 10.5. The van der Waals surface area contributed by atoms with Gasteiger partial charge in [0.15, 0.2) is 0 Å². The van der Waals surface area contributed by atoms with Gasteiger partial charge in [-0.25, -0.2) is 4.79 Å². The van der Waals surface area contributed by atoms with E-state index in [1.54, 1.807) is 0 Å². The van der Waals surface area contributed by atoms with E-state index in [-0.39, 0.29) is 12.1 Å². The number of hydrogen-bond acceptors (Lipinski definition) is 5. The zero-order chi connectivity index (χ0) is 18.0. The molecule has 140 valence electrons. The Hall–Kier alpha value is -1.30. The molecular weight excluding hydrogens is 308 g/mol. The van der Waals surface area contributed by atoms with Crippen LogP contribution in [0.1, 0.15) is 72.1 Å². The maximum absolute atomic E-state index is 11.7. The van der Waals surface area contributed by atoms with Crippen LogP contribution < -0.4 is 11.1 Å². The van der Waals surface area contributed by atoms with Crippen LogP contribution in [0, 0.1) is 5.92 Å². The van der Waals surface area contributed by atoms with E-state index in [0.29, 0.717) is 25.5 Å². The van der Waals surface area contributed by atoms with Gasteiger partial charge in [-0.15, -0.1) is 0 Å². The minimum absolute atomic E-state index is 0.350. The molecule has 1 aliphatic carbocycles. The molecule has 24 heavy (non-hydrogen) atoms. The number of ether oxygens (including phenoxy) is 2. The Kier molecular flexibility index (Phi) is 9.11. The number of nitrogens with one attached hydrogen (secondary N) is 1. The number of hydrogen-bond donors (Lipinski definition) is 2. The van der Waals surface area contributed by atoms with Crippen molar-refractivity contribution in [2.24, 2.45) is 11.7 Å². The standard InChI is InChI=1S/C18H34N2O4/c1-18(2,3)24-16(21)15(19)11-7-8-12-20-17(22)23-13-14-9-5-4-6-10-14/h14-15H,4-13,19H2,1-3H3,(H,20,22)/t15-/m0/s1. The van der Waals surface area contributed by atoms with Crippen molar-refractivity contribution in [2.45, 2.75) is 83.8 Å². The van der Waals surface area contributed by atoms with Gasteiger partial charge >= 0.3 is 12.1 Å². The number of amides is 1. The van der Waals surface area contributed by atoms with E-state index in [2.05, 4.69) is 5.32 Å². The van der Waals surface area contributed by atoms with Gasteiger partial charge in [0.05, 0.1) is 6.61 Å². The van der Waals surface area contributed by atoms with E-state index in [1.807, 2.05) is 20.8 Å². The molecule has 1 atom stereocenters. The van der Waals surface area contributed by atoms with Crippen LogP contribution in [0.5, 0.6) is 0 Å². The Labute approximate surface area is 145 Å². The molecule has 1 amide bonds. The van der Waals surface area contributed by atoms with Gasteiger partial charge in [0, 0.05) is 6.54 Å². The molecular formula is C18H34N2O4. The predicted octanol–water partition coefficient (Wildman–Crippen LogP) is 3.13. The summed E-state index contributed by atoms with van der Waals surface area (Å²) in [5, 5.41) is 2.75. The summed E-state index contributed by atoms with van der Waals surface area (Å²) in [6.45, 7) is 6.52. The number of alkyl carbamates (subject to hydrolysis) is 1. The third-order valence-electron chi connectivity index (χ3n) is 4.10. The molecule has 0 aromatic rings. The molecule has 0 aromatic heterocycles. The summed E-state index contributed by atoms with van der Waals surface area (Å²) in [6.07, 6.45) is 7.82. The fourth-order valence-electron chi connectivity index (χ4n) is 2.77. The Balaban J connectivity index is 2.02. The van der Waals surface area contributed by atoms with E-state index < -0.39 is 11.6 Å². The molecule has 0 aromatic carbocycles. The zero-order valence-electron chi connectivity index (χ0n) is 15.4. The first kappa shape index (κ1) is 20.7. The van der Waals surface area contributed by atoms with Gasteiger partial charge in [-0.3, -0.25) is 4.79 Å². The van der Waals surface area contributed by atoms with Gasteiger partial charge in [-0.2, -0.15) is 0 Å². The van der Waals surface area contributed by atoms with Gasteiger partial charge in [0.25, 0.3) is 0 Å². The van der Waals surface area contributed by atoms with Crippen molar-refractivity contribution in [2.75, 3.05) is 13.2 Å². The minimum Gasteiger partial charge on any atom is -0.459 e. The fraction of sp³-hybridized carbons (Fsp3) is 0.889. The lowest BCUT2D eigenvalue weighted by Gasteiger charge is -2.22. The molecule has 6 nitrogen and oxygen atoms in total. The number of carbonyl (C=O) groups is 2. The molecule has 0 radical (unpaired) electrons. The maximum atomic E-state index is 11.7. The highest BCUT2D eigenvalue weighted by atomic mass is 16.6. The van der Waals surface area contributed by atoms with Crippen LogP contribution in [0.25, 0.3) is 0 Å². The average Bonchev–Trinajstić information content (AvgIpc) is 2.51. The zero-order valence-corrected chi connectivity index (χ0v) is 15.4. The molecule has 1 saturated carbocycles. The van der Waals surface area contributed by atoms with Gasteiger partial charge in [0.2, 0.25) is 0 Å². The second-order valence-electron chi connectivity index (χ2n) is 7.67. The van der Waals surface area contributed by atoms with Gasteiger partial charge in [-0.05, 0) is 58.8 Å². The molecule has 6 heteroatoms. The smallest absolute Gasteiger partial charge is 0.407 e. The molecule has 0 aliphatic heterocycles. The third-order valence-corrected chi connectivity index (χ3v) is 4.10. The molecule has 0 unspecified atom stereocenters. The molecule has 3 N–H and O–H groups in total. The molecule has 0 bridgehead atoms. The largest absolute Gasteiger partial charge is 0.459 e. The third kappa shape index (κ3) is 9.75. The fourth-order valence-corrected chi connectivity index (χ4v) is 2.77. The van der Waals surface area contributed by atoms with Crippen LogP contribution in [0.2, 0.25) is 0 Å². The summed E-state index contributed by atoms with van der Waals surface area (Å²) in [5.74, 6) is 0.152. The van der Waals surface area contributed by atoms with Crippen molar-refractivity contribution < 1.29 is 19.1 Å². The topological polar surface area (TPSA) is 90.6 Å². The number of nitrogens with two attached hydrogens (primary N) is 1. The molecule has 0 heterocycles. The van der Waals surface area contributed by atoms with Crippen molar-refractivity contribution in [3.8, 4) is 0 Å². The Bertz CT molecular complexity index is 387. The van der Waals surface area contributed by atoms with Gasteiger partial charge in [-0.1, -0.05) is 19.3 Å². The lowest BCUT2D eigenvalue weighted by molar-refractivity contribution is -0.156. The van der Waals surface area contributed by atoms with E-state index in [4.69, 9.17) is 15.2 Å². The molecule has 1 rings (SSSR count). The first-order valence-corrected chi connectivity index (χ1v) is 9.17. The molecule has 1 aliphatic rings. The molecule has 1 fully saturated rings. The number of esters is 1. The predicted molar refractivity (Wildman–Crippen MR) is 93.6 cm³/mol. The second-order valence-corrected chi connectivity index (χ2v) is 7.67. The van der Waals surface area contributed by atoms with Crippen molar-refractivity contribution in [1.29, 1.82) is 0 Å². The minimum atomic E-state index is -0.609. The highest BCUT2D eigenvalue weighted by Gasteiger charge is 2.21. The van der Waals surface area contributed by atoms with Crippen LogP contribution in [0.3, 0.4) is 0 Å². The van der Waals surface area contributed by atoms with Crippen LogP contribution in [0.15, 0.2) is 0 Å². The summed E-state index contributed by atoms with van der Waals surface area (Å²) in [6, 6.07) is -0.609. The average molecular weight is 342 g/mol. The number of carbonyl (C=O) groups excluding carboxylic acids is 2. The van der Waals surface area contributed by atoms with E-state index >= 15 is 0 Å². The Morgan fingerprint density at radius 1 is 1.17 bits per heavy atom. The van der Waals surface area contributed by atoms with Crippen LogP contribution in [0.4, 0.5) is 4.79 Å². The number of unbranched alkanes of at least 4 members (excludes halogenated alkanes) is 1. The highest BCUT2D eigenvalue weighted by Crippen LogP contribution is 2.23. The Morgan fingerprint density at radius 3 is 2.46 bits per heavy atom. The van der Waals surface area contributed by atoms with Crippen LogP contribution in [-0.4, -0.2) is 36.9 Å². The SMILES string of the molecule is CC(C)(C)OC(=O)[C@@H](N)CCCCNC(=O)OCC1CCCCC1. The molecule has 0 saturated heterocycles. The van der Waals surface area contributed by atoms with Crippen molar-refractivity contribution >= 4 is 12.1 Å². The lowest BCUT2D eigenvalue weighted by atomic mass is 9.90. The van der Waals surface area contributed by atoms with Crippen molar-refractivity contribution in [1.82, 2.24) is 5.32 Å². The van der Waals surface area contributed by atoms with Crippen molar-refractivity contribution in [3.05, 3.63) is 0 Å². The van der Waals surface area contributed by atoms with Gasteiger partial charge < -0.3 is 20.5 Å². The summed E-state index contributed by atoms with van der Waals surface area (Å²) < 4.78 is 10.5. The first-order chi connectivity index (χ1) is 11.3. The van der Waals surface area contributed by atoms with E-state index in [1.165, 1.54) is 19.3 Å². The maximum Gasteiger partial charge on any atom is 0.407 e. The van der Waals surface area contributed by atoms with Crippen LogP contribution in [-0.2, 0) is 14.3 Å². The van der Waals surface area contributed by atoms with Crippen molar-refractivity contribution in [3.63, 3.8) is 0 Å². The van der Waals surface area contributed by atoms with E-state index in [9.17, 15) is 9.59 Å². The summed E-state index contributed by atoms with van der Waals surface area (Å²) in [7, 11) is 0. The summed E-state index contributed by atoms with van der Waals surface area (Å²) in [5.41, 5.74) is 5.29. The number of rotatable bonds is 8. The Morgan fingerprint density at radius 2 is 1.83 bits per heavy atom.